The molecular formula is C16H23N3O2. The standard InChI is InChI=1S/C16H23N3O2/c1-11-10-12(16(17)21)5-7-14(11)19-15(20)8-6-13-4-2-3-9-18-13/h5,7,10,13,18H,2-4,6,8-9H2,1H3,(H2,17,21)(H,19,20). The van der Waals surface area contributed by atoms with Gasteiger partial charge in [-0.15, -0.1) is 0 Å². The minimum atomic E-state index is -0.459. The average molecular weight is 289 g/mol. The predicted molar refractivity (Wildman–Crippen MR) is 83.2 cm³/mol. The summed E-state index contributed by atoms with van der Waals surface area (Å²) in [5.41, 5.74) is 7.27. The highest BCUT2D eigenvalue weighted by molar-refractivity contribution is 5.95. The number of carbonyl (C=O) groups excluding carboxylic acids is 2. The number of benzene rings is 1. The number of rotatable bonds is 5. The minimum absolute atomic E-state index is 0.0114. The molecule has 1 aromatic rings. The van der Waals surface area contributed by atoms with Gasteiger partial charge in [0.1, 0.15) is 0 Å². The first-order valence-electron chi connectivity index (χ1n) is 7.50. The molecule has 1 unspecified atom stereocenters. The van der Waals surface area contributed by atoms with Crippen LogP contribution in [0.2, 0.25) is 0 Å². The lowest BCUT2D eigenvalue weighted by molar-refractivity contribution is -0.116. The van der Waals surface area contributed by atoms with E-state index < -0.39 is 5.91 Å². The maximum absolute atomic E-state index is 12.0. The first-order valence-corrected chi connectivity index (χ1v) is 7.50. The van der Waals surface area contributed by atoms with E-state index in [1.165, 1.54) is 12.8 Å². The maximum Gasteiger partial charge on any atom is 0.248 e. The summed E-state index contributed by atoms with van der Waals surface area (Å²) in [7, 11) is 0. The zero-order valence-corrected chi connectivity index (χ0v) is 12.4. The zero-order valence-electron chi connectivity index (χ0n) is 12.4. The van der Waals surface area contributed by atoms with E-state index in [-0.39, 0.29) is 5.91 Å². The van der Waals surface area contributed by atoms with Crippen LogP contribution in [-0.2, 0) is 4.79 Å². The molecule has 21 heavy (non-hydrogen) atoms. The van der Waals surface area contributed by atoms with E-state index in [9.17, 15) is 9.59 Å². The number of amides is 2. The first-order chi connectivity index (χ1) is 10.1. The molecule has 1 aromatic carbocycles. The van der Waals surface area contributed by atoms with E-state index in [1.807, 2.05) is 6.92 Å². The fraction of sp³-hybridized carbons (Fsp3) is 0.500. The molecule has 1 heterocycles. The van der Waals surface area contributed by atoms with Gasteiger partial charge < -0.3 is 16.4 Å². The van der Waals surface area contributed by atoms with Crippen molar-refractivity contribution in [3.63, 3.8) is 0 Å². The monoisotopic (exact) mass is 289 g/mol. The van der Waals surface area contributed by atoms with Crippen molar-refractivity contribution in [1.29, 1.82) is 0 Å². The van der Waals surface area contributed by atoms with E-state index in [0.717, 1.165) is 30.6 Å². The van der Waals surface area contributed by atoms with Gasteiger partial charge in [0.15, 0.2) is 0 Å². The molecule has 1 fully saturated rings. The van der Waals surface area contributed by atoms with Crippen molar-refractivity contribution in [2.24, 2.45) is 5.73 Å². The van der Waals surface area contributed by atoms with E-state index in [2.05, 4.69) is 10.6 Å². The fourth-order valence-electron chi connectivity index (χ4n) is 2.65. The number of primary amides is 1. The Balaban J connectivity index is 1.85. The quantitative estimate of drug-likeness (QED) is 0.774. The third-order valence-electron chi connectivity index (χ3n) is 3.92. The minimum Gasteiger partial charge on any atom is -0.366 e. The first kappa shape index (κ1) is 15.5. The van der Waals surface area contributed by atoms with Gasteiger partial charge in [-0.3, -0.25) is 9.59 Å². The summed E-state index contributed by atoms with van der Waals surface area (Å²) in [4.78, 5) is 23.1. The van der Waals surface area contributed by atoms with E-state index in [0.29, 0.717) is 18.0 Å². The van der Waals surface area contributed by atoms with Crippen molar-refractivity contribution < 1.29 is 9.59 Å². The second-order valence-electron chi connectivity index (χ2n) is 5.63. The maximum atomic E-state index is 12.0. The molecule has 1 aliphatic heterocycles. The van der Waals surface area contributed by atoms with E-state index in [4.69, 9.17) is 5.73 Å². The van der Waals surface area contributed by atoms with Crippen LogP contribution in [-0.4, -0.2) is 24.4 Å². The van der Waals surface area contributed by atoms with E-state index in [1.54, 1.807) is 18.2 Å². The summed E-state index contributed by atoms with van der Waals surface area (Å²) in [5, 5.41) is 6.34. The van der Waals surface area contributed by atoms with Gasteiger partial charge in [-0.1, -0.05) is 6.42 Å². The summed E-state index contributed by atoms with van der Waals surface area (Å²) in [5.74, 6) is -0.448. The zero-order chi connectivity index (χ0) is 15.2. The van der Waals surface area contributed by atoms with Gasteiger partial charge in [0.2, 0.25) is 11.8 Å². The summed E-state index contributed by atoms with van der Waals surface area (Å²) >= 11 is 0. The third kappa shape index (κ3) is 4.56. The fourth-order valence-corrected chi connectivity index (χ4v) is 2.65. The molecule has 4 N–H and O–H groups in total. The van der Waals surface area contributed by atoms with Crippen LogP contribution in [0.25, 0.3) is 0 Å². The van der Waals surface area contributed by atoms with Crippen molar-refractivity contribution in [2.45, 2.75) is 45.1 Å². The second kappa shape index (κ2) is 7.22. The summed E-state index contributed by atoms with van der Waals surface area (Å²) in [6.45, 7) is 2.91. The van der Waals surface area contributed by atoms with Crippen molar-refractivity contribution in [2.75, 3.05) is 11.9 Å². The van der Waals surface area contributed by atoms with Crippen molar-refractivity contribution in [1.82, 2.24) is 5.32 Å². The van der Waals surface area contributed by atoms with Gasteiger partial charge in [0.25, 0.3) is 0 Å². The molecule has 5 heteroatoms. The SMILES string of the molecule is Cc1cc(C(N)=O)ccc1NC(=O)CCC1CCCCN1. The number of nitrogens with one attached hydrogen (secondary N) is 2. The van der Waals surface area contributed by atoms with Crippen molar-refractivity contribution >= 4 is 17.5 Å². The Morgan fingerprint density at radius 3 is 2.81 bits per heavy atom. The molecule has 0 saturated carbocycles. The number of aryl methyl sites for hydroxylation is 1. The highest BCUT2D eigenvalue weighted by Gasteiger charge is 2.14. The third-order valence-corrected chi connectivity index (χ3v) is 3.92. The Morgan fingerprint density at radius 1 is 1.38 bits per heavy atom. The Hall–Kier alpha value is -1.88. The van der Waals surface area contributed by atoms with Gasteiger partial charge in [-0.05, 0) is 56.5 Å². The van der Waals surface area contributed by atoms with Crippen LogP contribution < -0.4 is 16.4 Å². The lowest BCUT2D eigenvalue weighted by Gasteiger charge is -2.23. The molecule has 114 valence electrons. The van der Waals surface area contributed by atoms with Gasteiger partial charge in [0.05, 0.1) is 0 Å². The second-order valence-corrected chi connectivity index (χ2v) is 5.63. The average Bonchev–Trinajstić information content (AvgIpc) is 2.48. The van der Waals surface area contributed by atoms with Gasteiger partial charge >= 0.3 is 0 Å². The molecule has 2 amide bonds. The molecule has 0 radical (unpaired) electrons. The van der Waals surface area contributed by atoms with E-state index >= 15 is 0 Å². The summed E-state index contributed by atoms with van der Waals surface area (Å²) in [6.07, 6.45) is 5.00. The molecule has 0 aromatic heterocycles. The van der Waals surface area contributed by atoms with Crippen LogP contribution in [0.4, 0.5) is 5.69 Å². The predicted octanol–water partition coefficient (Wildman–Crippen LogP) is 1.95. The molecular weight excluding hydrogens is 266 g/mol. The Bertz CT molecular complexity index is 522. The van der Waals surface area contributed by atoms with Crippen LogP contribution >= 0.6 is 0 Å². The van der Waals surface area contributed by atoms with Crippen molar-refractivity contribution in [3.05, 3.63) is 29.3 Å². The number of carbonyl (C=O) groups is 2. The Labute approximate surface area is 125 Å². The highest BCUT2D eigenvalue weighted by Crippen LogP contribution is 2.17. The normalized spacial score (nSPS) is 18.2. The van der Waals surface area contributed by atoms with Crippen LogP contribution in [0.1, 0.15) is 48.0 Å². The molecule has 2 rings (SSSR count). The Morgan fingerprint density at radius 2 is 2.19 bits per heavy atom. The van der Waals surface area contributed by atoms with Gasteiger partial charge in [-0.25, -0.2) is 0 Å². The topological polar surface area (TPSA) is 84.2 Å². The van der Waals surface area contributed by atoms with Crippen LogP contribution in [0.15, 0.2) is 18.2 Å². The number of hydrogen-bond donors (Lipinski definition) is 3. The summed E-state index contributed by atoms with van der Waals surface area (Å²) in [6, 6.07) is 5.52. The highest BCUT2D eigenvalue weighted by atomic mass is 16.2. The molecule has 0 bridgehead atoms. The largest absolute Gasteiger partial charge is 0.366 e. The van der Waals surface area contributed by atoms with Gasteiger partial charge in [0, 0.05) is 23.7 Å². The Kier molecular flexibility index (Phi) is 5.33. The van der Waals surface area contributed by atoms with Crippen LogP contribution in [0.3, 0.4) is 0 Å². The van der Waals surface area contributed by atoms with Crippen LogP contribution in [0, 0.1) is 6.92 Å². The number of anilines is 1. The lowest BCUT2D eigenvalue weighted by atomic mass is 10.0. The molecule has 1 aliphatic rings. The van der Waals surface area contributed by atoms with Gasteiger partial charge in [-0.2, -0.15) is 0 Å². The smallest absolute Gasteiger partial charge is 0.248 e. The molecule has 0 spiro atoms. The van der Waals surface area contributed by atoms with Crippen molar-refractivity contribution in [3.8, 4) is 0 Å². The number of nitrogens with two attached hydrogens (primary N) is 1. The molecule has 5 nitrogen and oxygen atoms in total. The molecule has 0 aliphatic carbocycles. The summed E-state index contributed by atoms with van der Waals surface area (Å²) < 4.78 is 0. The lowest BCUT2D eigenvalue weighted by Crippen LogP contribution is -2.34. The number of hydrogen-bond acceptors (Lipinski definition) is 3. The molecule has 1 saturated heterocycles. The van der Waals surface area contributed by atoms with Crippen LogP contribution in [0.5, 0.6) is 0 Å². The number of piperidine rings is 1. The molecule has 1 atom stereocenters.